The first-order valence-corrected chi connectivity index (χ1v) is 11.0. The quantitative estimate of drug-likeness (QED) is 0.583. The monoisotopic (exact) mass is 376 g/mol. The molecule has 4 unspecified atom stereocenters. The van der Waals surface area contributed by atoms with Gasteiger partial charge in [-0.3, -0.25) is 9.79 Å². The van der Waals surface area contributed by atoms with Crippen molar-refractivity contribution in [3.63, 3.8) is 0 Å². The smallest absolute Gasteiger partial charge is 0.225 e. The zero-order chi connectivity index (χ0) is 19.0. The Bertz CT molecular complexity index is 585. The minimum absolute atomic E-state index is 0.136. The molecule has 0 aromatic carbocycles. The van der Waals surface area contributed by atoms with Gasteiger partial charge < -0.3 is 20.3 Å². The maximum absolute atomic E-state index is 12.7. The van der Waals surface area contributed by atoms with E-state index in [0.29, 0.717) is 30.0 Å². The molecule has 0 bridgehead atoms. The van der Waals surface area contributed by atoms with Crippen LogP contribution in [0, 0.1) is 17.3 Å². The molecule has 2 heterocycles. The van der Waals surface area contributed by atoms with Crippen molar-refractivity contribution in [2.45, 2.75) is 77.5 Å². The largest absolute Gasteiger partial charge is 0.377 e. The Balaban J connectivity index is 1.33. The van der Waals surface area contributed by atoms with Crippen LogP contribution in [-0.4, -0.2) is 61.2 Å². The fourth-order valence-corrected chi connectivity index (χ4v) is 5.76. The highest BCUT2D eigenvalue weighted by Crippen LogP contribution is 2.52. The molecule has 2 N–H and O–H groups in total. The van der Waals surface area contributed by atoms with Gasteiger partial charge in [0.15, 0.2) is 5.96 Å². The van der Waals surface area contributed by atoms with Crippen LogP contribution in [0.3, 0.4) is 0 Å². The first-order chi connectivity index (χ1) is 13.0. The summed E-state index contributed by atoms with van der Waals surface area (Å²) in [6.45, 7) is 9.97. The third-order valence-corrected chi connectivity index (χ3v) is 7.25. The number of nitrogens with zero attached hydrogens (tertiary/aromatic N) is 2. The molecular formula is C21H36N4O2. The predicted molar refractivity (Wildman–Crippen MR) is 107 cm³/mol. The van der Waals surface area contributed by atoms with Crippen molar-refractivity contribution in [3.8, 4) is 0 Å². The maximum atomic E-state index is 12.7. The van der Waals surface area contributed by atoms with Gasteiger partial charge in [0.2, 0.25) is 5.91 Å². The minimum atomic E-state index is 0.136. The molecule has 0 aromatic heterocycles. The van der Waals surface area contributed by atoms with Gasteiger partial charge in [0.25, 0.3) is 0 Å². The molecule has 4 fully saturated rings. The highest BCUT2D eigenvalue weighted by molar-refractivity contribution is 5.82. The summed E-state index contributed by atoms with van der Waals surface area (Å²) >= 11 is 0. The topological polar surface area (TPSA) is 66.0 Å². The van der Waals surface area contributed by atoms with Crippen LogP contribution in [0.1, 0.15) is 59.3 Å². The molecule has 0 radical (unpaired) electrons. The number of guanidine groups is 1. The summed E-state index contributed by atoms with van der Waals surface area (Å²) in [7, 11) is 0. The molecule has 2 aliphatic heterocycles. The number of hydrogen-bond acceptors (Lipinski definition) is 3. The maximum Gasteiger partial charge on any atom is 0.225 e. The molecule has 152 valence electrons. The van der Waals surface area contributed by atoms with E-state index in [2.05, 4.69) is 41.3 Å². The number of carbonyl (C=O) groups is 1. The van der Waals surface area contributed by atoms with E-state index in [4.69, 9.17) is 4.74 Å². The average molecular weight is 377 g/mol. The third-order valence-electron chi connectivity index (χ3n) is 7.25. The number of likely N-dealkylation sites (tertiary alicyclic amines) is 1. The number of rotatable bonds is 4. The summed E-state index contributed by atoms with van der Waals surface area (Å²) in [5.41, 5.74) is 0.136. The van der Waals surface area contributed by atoms with Gasteiger partial charge in [-0.15, -0.1) is 0 Å². The van der Waals surface area contributed by atoms with E-state index < -0.39 is 0 Å². The third kappa shape index (κ3) is 3.57. The van der Waals surface area contributed by atoms with Crippen molar-refractivity contribution in [1.29, 1.82) is 0 Å². The van der Waals surface area contributed by atoms with Gasteiger partial charge in [0.1, 0.15) is 0 Å². The Morgan fingerprint density at radius 1 is 1.19 bits per heavy atom. The van der Waals surface area contributed by atoms with Crippen LogP contribution >= 0.6 is 0 Å². The lowest BCUT2D eigenvalue weighted by atomic mass is 9.57. The van der Waals surface area contributed by atoms with Crippen LogP contribution < -0.4 is 10.6 Å². The lowest BCUT2D eigenvalue weighted by molar-refractivity contribution is -0.134. The molecule has 4 atom stereocenters. The molecule has 27 heavy (non-hydrogen) atoms. The lowest BCUT2D eigenvalue weighted by Crippen LogP contribution is -2.68. The summed E-state index contributed by atoms with van der Waals surface area (Å²) < 4.78 is 5.92. The van der Waals surface area contributed by atoms with E-state index in [0.717, 1.165) is 57.9 Å². The van der Waals surface area contributed by atoms with Gasteiger partial charge in [-0.2, -0.15) is 0 Å². The van der Waals surface area contributed by atoms with Crippen molar-refractivity contribution < 1.29 is 9.53 Å². The second kappa shape index (κ2) is 7.61. The van der Waals surface area contributed by atoms with E-state index in [1.165, 1.54) is 12.8 Å². The van der Waals surface area contributed by atoms with Gasteiger partial charge in [-0.25, -0.2) is 0 Å². The zero-order valence-corrected chi connectivity index (χ0v) is 17.2. The SMILES string of the molecule is CCN=C(NC1CCN(C(=O)C2CCCC2)C1)NC1C2CCOC2C1(C)C. The fraction of sp³-hybridized carbons (Fsp3) is 0.905. The summed E-state index contributed by atoms with van der Waals surface area (Å²) in [6, 6.07) is 0.701. The fourth-order valence-electron chi connectivity index (χ4n) is 5.76. The Morgan fingerprint density at radius 2 is 1.96 bits per heavy atom. The van der Waals surface area contributed by atoms with Crippen LogP contribution in [0.4, 0.5) is 0 Å². The van der Waals surface area contributed by atoms with Crippen LogP contribution in [0.2, 0.25) is 0 Å². The highest BCUT2D eigenvalue weighted by Gasteiger charge is 2.59. The number of ether oxygens (including phenoxy) is 1. The molecule has 2 saturated heterocycles. The van der Waals surface area contributed by atoms with E-state index in [9.17, 15) is 4.79 Å². The number of fused-ring (bicyclic) bond motifs is 1. The average Bonchev–Trinajstić information content (AvgIpc) is 3.39. The van der Waals surface area contributed by atoms with Gasteiger partial charge in [-0.1, -0.05) is 26.7 Å². The lowest BCUT2D eigenvalue weighted by Gasteiger charge is -2.55. The summed E-state index contributed by atoms with van der Waals surface area (Å²) in [6.07, 6.45) is 7.12. The second-order valence-corrected chi connectivity index (χ2v) is 9.41. The molecule has 2 aliphatic carbocycles. The normalized spacial score (nSPS) is 35.8. The van der Waals surface area contributed by atoms with Crippen molar-refractivity contribution in [3.05, 3.63) is 0 Å². The molecule has 1 amide bonds. The van der Waals surface area contributed by atoms with E-state index >= 15 is 0 Å². The first kappa shape index (κ1) is 19.0. The number of nitrogens with one attached hydrogen (secondary N) is 2. The van der Waals surface area contributed by atoms with E-state index in [1.54, 1.807) is 0 Å². The molecular weight excluding hydrogens is 340 g/mol. The van der Waals surface area contributed by atoms with Crippen molar-refractivity contribution >= 4 is 11.9 Å². The van der Waals surface area contributed by atoms with Crippen LogP contribution in [-0.2, 0) is 9.53 Å². The number of hydrogen-bond donors (Lipinski definition) is 2. The van der Waals surface area contributed by atoms with Crippen LogP contribution in [0.25, 0.3) is 0 Å². The van der Waals surface area contributed by atoms with Gasteiger partial charge in [0, 0.05) is 55.6 Å². The van der Waals surface area contributed by atoms with E-state index in [-0.39, 0.29) is 11.3 Å². The minimum Gasteiger partial charge on any atom is -0.377 e. The number of carbonyl (C=O) groups excluding carboxylic acids is 1. The molecule has 4 rings (SSSR count). The molecule has 0 spiro atoms. The molecule has 6 heteroatoms. The molecule has 4 aliphatic rings. The van der Waals surface area contributed by atoms with Gasteiger partial charge >= 0.3 is 0 Å². The Morgan fingerprint density at radius 3 is 2.70 bits per heavy atom. The summed E-state index contributed by atoms with van der Waals surface area (Å²) in [5.74, 6) is 2.15. The number of aliphatic imine (C=N–C) groups is 1. The van der Waals surface area contributed by atoms with Gasteiger partial charge in [0.05, 0.1) is 6.10 Å². The van der Waals surface area contributed by atoms with Crippen molar-refractivity contribution in [2.24, 2.45) is 22.2 Å². The number of amides is 1. The Kier molecular flexibility index (Phi) is 5.36. The standard InChI is InChI=1S/C21H36N4O2/c1-4-22-20(24-17-16-10-12-27-18(16)21(17,2)3)23-15-9-11-25(13-15)19(26)14-7-5-6-8-14/h14-18H,4-13H2,1-3H3,(H2,22,23,24). The van der Waals surface area contributed by atoms with Crippen molar-refractivity contribution in [1.82, 2.24) is 15.5 Å². The Labute approximate surface area is 163 Å². The first-order valence-electron chi connectivity index (χ1n) is 11.0. The Hall–Kier alpha value is -1.30. The van der Waals surface area contributed by atoms with Crippen LogP contribution in [0.5, 0.6) is 0 Å². The van der Waals surface area contributed by atoms with Crippen LogP contribution in [0.15, 0.2) is 4.99 Å². The predicted octanol–water partition coefficient (Wildman–Crippen LogP) is 2.15. The second-order valence-electron chi connectivity index (χ2n) is 9.41. The van der Waals surface area contributed by atoms with Gasteiger partial charge in [-0.05, 0) is 32.6 Å². The zero-order valence-electron chi connectivity index (χ0n) is 17.2. The van der Waals surface area contributed by atoms with Crippen molar-refractivity contribution in [2.75, 3.05) is 26.2 Å². The molecule has 0 aromatic rings. The molecule has 6 nitrogen and oxygen atoms in total. The summed E-state index contributed by atoms with van der Waals surface area (Å²) in [5, 5.41) is 7.31. The van der Waals surface area contributed by atoms with E-state index in [1.807, 2.05) is 0 Å². The summed E-state index contributed by atoms with van der Waals surface area (Å²) in [4.78, 5) is 19.4. The molecule has 2 saturated carbocycles. The highest BCUT2D eigenvalue weighted by atomic mass is 16.5.